The molecule has 7 heteroatoms. The van der Waals surface area contributed by atoms with Gasteiger partial charge in [0.1, 0.15) is 6.54 Å². The highest BCUT2D eigenvalue weighted by Gasteiger charge is 2.37. The molecule has 1 aliphatic heterocycles. The molecule has 0 unspecified atom stereocenters. The molecule has 1 amide bonds. The van der Waals surface area contributed by atoms with Gasteiger partial charge in [-0.3, -0.25) is 14.5 Å². The molecule has 106 valence electrons. The molecule has 0 N–H and O–H groups in total. The van der Waals surface area contributed by atoms with Crippen molar-refractivity contribution in [1.82, 2.24) is 10.1 Å². The van der Waals surface area contributed by atoms with Gasteiger partial charge in [0.25, 0.3) is 11.7 Å². The molecule has 0 radical (unpaired) electrons. The van der Waals surface area contributed by atoms with E-state index in [2.05, 4.69) is 10.1 Å². The van der Waals surface area contributed by atoms with Crippen molar-refractivity contribution in [2.24, 2.45) is 0 Å². The van der Waals surface area contributed by atoms with Crippen LogP contribution in [-0.2, 0) is 11.3 Å². The van der Waals surface area contributed by atoms with Crippen molar-refractivity contribution in [3.8, 4) is 0 Å². The summed E-state index contributed by atoms with van der Waals surface area (Å²) >= 11 is 5.87. The Balaban J connectivity index is 1.65. The van der Waals surface area contributed by atoms with E-state index in [4.69, 9.17) is 16.1 Å². The molecule has 0 saturated heterocycles. The normalized spacial score (nSPS) is 17.5. The van der Waals surface area contributed by atoms with Gasteiger partial charge in [-0.05, 0) is 31.0 Å². The second kappa shape index (κ2) is 4.39. The van der Waals surface area contributed by atoms with Crippen LogP contribution in [0.2, 0.25) is 5.02 Å². The first-order chi connectivity index (χ1) is 10.1. The first-order valence-electron chi connectivity index (χ1n) is 6.61. The Morgan fingerprint density at radius 3 is 2.90 bits per heavy atom. The summed E-state index contributed by atoms with van der Waals surface area (Å²) in [5.74, 6) is 0.234. The van der Waals surface area contributed by atoms with E-state index >= 15 is 0 Å². The Labute approximate surface area is 124 Å². The number of halogens is 1. The first kappa shape index (κ1) is 12.5. The summed E-state index contributed by atoms with van der Waals surface area (Å²) in [7, 11) is 0. The third-order valence-electron chi connectivity index (χ3n) is 3.65. The average molecular weight is 304 g/mol. The summed E-state index contributed by atoms with van der Waals surface area (Å²) in [5.41, 5.74) is 0.843. The monoisotopic (exact) mass is 303 g/mol. The summed E-state index contributed by atoms with van der Waals surface area (Å²) in [4.78, 5) is 29.7. The van der Waals surface area contributed by atoms with Crippen LogP contribution in [-0.4, -0.2) is 21.8 Å². The number of anilines is 1. The predicted molar refractivity (Wildman–Crippen MR) is 73.2 cm³/mol. The van der Waals surface area contributed by atoms with Crippen molar-refractivity contribution in [2.75, 3.05) is 4.90 Å². The molecular weight excluding hydrogens is 294 g/mol. The first-order valence-corrected chi connectivity index (χ1v) is 6.99. The van der Waals surface area contributed by atoms with E-state index in [1.807, 2.05) is 0 Å². The number of hydrogen-bond donors (Lipinski definition) is 0. The lowest BCUT2D eigenvalue weighted by molar-refractivity contribution is -0.114. The lowest BCUT2D eigenvalue weighted by Crippen LogP contribution is -2.29. The average Bonchev–Trinajstić information content (AvgIpc) is 3.18. The lowest BCUT2D eigenvalue weighted by Gasteiger charge is -2.13. The number of ketones is 1. The molecule has 1 aliphatic carbocycles. The number of nitrogens with zero attached hydrogens (tertiary/aromatic N) is 3. The van der Waals surface area contributed by atoms with Gasteiger partial charge >= 0.3 is 0 Å². The summed E-state index contributed by atoms with van der Waals surface area (Å²) in [6.07, 6.45) is 2.14. The number of aromatic nitrogens is 2. The molecule has 0 atom stereocenters. The third-order valence-corrected chi connectivity index (χ3v) is 3.89. The molecule has 2 aromatic rings. The van der Waals surface area contributed by atoms with Crippen LogP contribution in [0.15, 0.2) is 22.7 Å². The van der Waals surface area contributed by atoms with E-state index in [1.165, 1.54) is 11.0 Å². The van der Waals surface area contributed by atoms with Crippen molar-refractivity contribution in [1.29, 1.82) is 0 Å². The number of carbonyl (C=O) groups excluding carboxylic acids is 2. The maximum Gasteiger partial charge on any atom is 0.299 e. The zero-order valence-electron chi connectivity index (χ0n) is 10.9. The van der Waals surface area contributed by atoms with Crippen molar-refractivity contribution < 1.29 is 14.1 Å². The van der Waals surface area contributed by atoms with Crippen molar-refractivity contribution in [3.63, 3.8) is 0 Å². The van der Waals surface area contributed by atoms with E-state index in [0.717, 1.165) is 12.8 Å². The van der Waals surface area contributed by atoms with Gasteiger partial charge in [0.15, 0.2) is 5.82 Å². The smallest absolute Gasteiger partial charge is 0.299 e. The Bertz CT molecular complexity index is 767. The summed E-state index contributed by atoms with van der Waals surface area (Å²) < 4.78 is 5.16. The van der Waals surface area contributed by atoms with Crippen LogP contribution in [0, 0.1) is 0 Å². The van der Waals surface area contributed by atoms with Gasteiger partial charge in [0.2, 0.25) is 5.89 Å². The van der Waals surface area contributed by atoms with Crippen LogP contribution in [0.1, 0.15) is 40.8 Å². The molecule has 2 heterocycles. The summed E-state index contributed by atoms with van der Waals surface area (Å²) in [6.45, 7) is 0.0962. The number of carbonyl (C=O) groups is 2. The molecule has 4 rings (SSSR count). The Kier molecular flexibility index (Phi) is 2.62. The van der Waals surface area contributed by atoms with Crippen LogP contribution in [0.5, 0.6) is 0 Å². The van der Waals surface area contributed by atoms with Crippen molar-refractivity contribution in [3.05, 3.63) is 40.5 Å². The number of rotatable bonds is 3. The van der Waals surface area contributed by atoms with Crippen LogP contribution in [0.25, 0.3) is 0 Å². The molecule has 1 fully saturated rings. The van der Waals surface area contributed by atoms with E-state index < -0.39 is 11.7 Å². The zero-order chi connectivity index (χ0) is 14.6. The SMILES string of the molecule is O=C1C(=O)N(Cc2nc(C3CC3)no2)c2ccc(Cl)cc21. The van der Waals surface area contributed by atoms with Crippen LogP contribution < -0.4 is 4.90 Å². The van der Waals surface area contributed by atoms with Gasteiger partial charge in [0.05, 0.1) is 11.3 Å². The van der Waals surface area contributed by atoms with Gasteiger partial charge in [-0.1, -0.05) is 16.8 Å². The maximum atomic E-state index is 12.1. The Hall–Kier alpha value is -2.21. The zero-order valence-corrected chi connectivity index (χ0v) is 11.6. The molecule has 1 aromatic heterocycles. The number of hydrogen-bond acceptors (Lipinski definition) is 5. The fourth-order valence-electron chi connectivity index (χ4n) is 2.40. The van der Waals surface area contributed by atoms with E-state index in [0.29, 0.717) is 33.9 Å². The lowest BCUT2D eigenvalue weighted by atomic mass is 10.1. The minimum atomic E-state index is -0.599. The number of fused-ring (bicyclic) bond motifs is 1. The molecular formula is C14H10ClN3O3. The Morgan fingerprint density at radius 2 is 2.14 bits per heavy atom. The maximum absolute atomic E-state index is 12.1. The molecule has 2 aliphatic rings. The molecule has 0 spiro atoms. The van der Waals surface area contributed by atoms with E-state index in [1.54, 1.807) is 12.1 Å². The second-order valence-corrected chi connectivity index (χ2v) is 5.64. The van der Waals surface area contributed by atoms with Gasteiger partial charge < -0.3 is 4.52 Å². The number of benzene rings is 1. The fourth-order valence-corrected chi connectivity index (χ4v) is 2.58. The predicted octanol–water partition coefficient (Wildman–Crippen LogP) is 2.33. The highest BCUT2D eigenvalue weighted by atomic mass is 35.5. The summed E-state index contributed by atoms with van der Waals surface area (Å²) in [5, 5.41) is 4.33. The standard InChI is InChI=1S/C14H10ClN3O3/c15-8-3-4-10-9(5-8)12(19)14(20)18(10)6-11-16-13(17-21-11)7-1-2-7/h3-5,7H,1-2,6H2. The van der Waals surface area contributed by atoms with Gasteiger partial charge in [0, 0.05) is 10.9 Å². The third kappa shape index (κ3) is 2.03. The van der Waals surface area contributed by atoms with E-state index in [9.17, 15) is 9.59 Å². The summed E-state index contributed by atoms with van der Waals surface area (Å²) in [6, 6.07) is 4.79. The van der Waals surface area contributed by atoms with E-state index in [-0.39, 0.29) is 6.54 Å². The molecule has 21 heavy (non-hydrogen) atoms. The molecule has 0 bridgehead atoms. The highest BCUT2D eigenvalue weighted by Crippen LogP contribution is 2.38. The van der Waals surface area contributed by atoms with Crippen molar-refractivity contribution >= 4 is 29.0 Å². The minimum absolute atomic E-state index is 0.0962. The Morgan fingerprint density at radius 1 is 1.33 bits per heavy atom. The van der Waals surface area contributed by atoms with Gasteiger partial charge in [-0.2, -0.15) is 4.98 Å². The number of Topliss-reactive ketones (excluding diaryl/α,β-unsaturated/α-hetero) is 1. The van der Waals surface area contributed by atoms with Gasteiger partial charge in [-0.15, -0.1) is 0 Å². The van der Waals surface area contributed by atoms with Crippen LogP contribution in [0.4, 0.5) is 5.69 Å². The van der Waals surface area contributed by atoms with Crippen molar-refractivity contribution in [2.45, 2.75) is 25.3 Å². The molecule has 1 aromatic carbocycles. The molecule has 6 nitrogen and oxygen atoms in total. The number of amides is 1. The molecule has 1 saturated carbocycles. The van der Waals surface area contributed by atoms with Crippen LogP contribution in [0.3, 0.4) is 0 Å². The minimum Gasteiger partial charge on any atom is -0.337 e. The largest absolute Gasteiger partial charge is 0.337 e. The van der Waals surface area contributed by atoms with Gasteiger partial charge in [-0.25, -0.2) is 0 Å². The fraction of sp³-hybridized carbons (Fsp3) is 0.286. The topological polar surface area (TPSA) is 76.3 Å². The van der Waals surface area contributed by atoms with Crippen LogP contribution >= 0.6 is 11.6 Å². The quantitative estimate of drug-likeness (QED) is 0.813. The highest BCUT2D eigenvalue weighted by molar-refractivity contribution is 6.52. The second-order valence-electron chi connectivity index (χ2n) is 5.20.